The van der Waals surface area contributed by atoms with Gasteiger partial charge >= 0.3 is 5.82 Å². The summed E-state index contributed by atoms with van der Waals surface area (Å²) >= 11 is 0. The summed E-state index contributed by atoms with van der Waals surface area (Å²) < 4.78 is 0. The maximum atomic E-state index is 10.4. The summed E-state index contributed by atoms with van der Waals surface area (Å²) in [6.45, 7) is 4.10. The van der Waals surface area contributed by atoms with E-state index in [9.17, 15) is 10.1 Å². The van der Waals surface area contributed by atoms with Gasteiger partial charge in [0.2, 0.25) is 0 Å². The number of aromatic nitrogens is 1. The molecule has 1 rings (SSSR count). The van der Waals surface area contributed by atoms with Crippen molar-refractivity contribution in [3.63, 3.8) is 0 Å². The van der Waals surface area contributed by atoms with Crippen LogP contribution >= 0.6 is 0 Å². The minimum atomic E-state index is -0.531. The third kappa shape index (κ3) is 3.67. The van der Waals surface area contributed by atoms with Crippen LogP contribution < -0.4 is 5.32 Å². The highest BCUT2D eigenvalue weighted by Crippen LogP contribution is 2.22. The van der Waals surface area contributed by atoms with Gasteiger partial charge in [0.15, 0.2) is 6.20 Å². The van der Waals surface area contributed by atoms with E-state index in [1.807, 2.05) is 13.8 Å². The molecule has 1 aromatic heterocycles. The van der Waals surface area contributed by atoms with E-state index in [2.05, 4.69) is 10.3 Å². The molecule has 0 aromatic carbocycles. The summed E-state index contributed by atoms with van der Waals surface area (Å²) in [6, 6.07) is 2.98. The number of pyridine rings is 1. The van der Waals surface area contributed by atoms with Crippen molar-refractivity contribution in [2.24, 2.45) is 0 Å². The second kappa shape index (κ2) is 5.58. The lowest BCUT2D eigenvalue weighted by molar-refractivity contribution is -0.389. The Hall–Kier alpha value is -1.69. The summed E-state index contributed by atoms with van der Waals surface area (Å²) in [5.41, 5.74) is 0.487. The standard InChI is InChI=1S/C11H17N3O3/c1-3-11(2,6-7-15)13-9-4-5-10(12-8-9)14(16)17/h4-5,8,13,15H,3,6-7H2,1-2H3. The number of anilines is 1. The minimum absolute atomic E-state index is 0.0950. The molecular formula is C11H17N3O3. The van der Waals surface area contributed by atoms with E-state index in [0.717, 1.165) is 6.42 Å². The Bertz CT molecular complexity index is 380. The van der Waals surface area contributed by atoms with Crippen LogP contribution in [-0.4, -0.2) is 27.2 Å². The fourth-order valence-corrected chi connectivity index (χ4v) is 1.49. The molecule has 6 heteroatoms. The van der Waals surface area contributed by atoms with Crippen LogP contribution in [0.5, 0.6) is 0 Å². The van der Waals surface area contributed by atoms with Gasteiger partial charge in [0.05, 0.1) is 5.69 Å². The smallest absolute Gasteiger partial charge is 0.363 e. The quantitative estimate of drug-likeness (QED) is 0.585. The van der Waals surface area contributed by atoms with Crippen molar-refractivity contribution in [2.45, 2.75) is 32.2 Å². The molecule has 6 nitrogen and oxygen atoms in total. The number of nitrogens with one attached hydrogen (secondary N) is 1. The maximum absolute atomic E-state index is 10.4. The van der Waals surface area contributed by atoms with Gasteiger partial charge in [-0.15, -0.1) is 0 Å². The number of aliphatic hydroxyl groups excluding tert-OH is 1. The summed E-state index contributed by atoms with van der Waals surface area (Å²) in [6.07, 6.45) is 2.88. The Balaban J connectivity index is 2.77. The lowest BCUT2D eigenvalue weighted by Crippen LogP contribution is -2.35. The molecule has 2 N–H and O–H groups in total. The van der Waals surface area contributed by atoms with Crippen molar-refractivity contribution in [3.8, 4) is 0 Å². The average Bonchev–Trinajstić information content (AvgIpc) is 2.30. The summed E-state index contributed by atoms with van der Waals surface area (Å²) in [5.74, 6) is -0.170. The van der Waals surface area contributed by atoms with Gasteiger partial charge in [0, 0.05) is 18.2 Å². The van der Waals surface area contributed by atoms with Crippen LogP contribution in [-0.2, 0) is 0 Å². The Morgan fingerprint density at radius 1 is 1.59 bits per heavy atom. The molecule has 0 bridgehead atoms. The van der Waals surface area contributed by atoms with Crippen molar-refractivity contribution in [1.82, 2.24) is 4.98 Å². The van der Waals surface area contributed by atoms with Crippen LogP contribution in [0.3, 0.4) is 0 Å². The molecule has 0 aliphatic carbocycles. The fraction of sp³-hybridized carbons (Fsp3) is 0.545. The topological polar surface area (TPSA) is 88.3 Å². The number of aliphatic hydroxyl groups is 1. The molecular weight excluding hydrogens is 222 g/mol. The normalized spacial score (nSPS) is 14.1. The van der Waals surface area contributed by atoms with Crippen LogP contribution in [0.15, 0.2) is 18.3 Å². The van der Waals surface area contributed by atoms with Crippen LogP contribution in [0, 0.1) is 10.1 Å². The van der Waals surface area contributed by atoms with Crippen molar-refractivity contribution in [3.05, 3.63) is 28.4 Å². The van der Waals surface area contributed by atoms with Gasteiger partial charge < -0.3 is 20.5 Å². The van der Waals surface area contributed by atoms with Crippen molar-refractivity contribution < 1.29 is 10.0 Å². The van der Waals surface area contributed by atoms with Gasteiger partial charge in [-0.05, 0) is 35.7 Å². The second-order valence-corrected chi connectivity index (χ2v) is 4.18. The van der Waals surface area contributed by atoms with E-state index in [4.69, 9.17) is 5.11 Å². The molecule has 0 aliphatic rings. The predicted octanol–water partition coefficient (Wildman–Crippen LogP) is 1.95. The van der Waals surface area contributed by atoms with Crippen molar-refractivity contribution >= 4 is 11.5 Å². The SMILES string of the molecule is CCC(C)(CCO)Nc1ccc([N+](=O)[O-])nc1. The number of rotatable bonds is 6. The monoisotopic (exact) mass is 239 g/mol. The molecule has 17 heavy (non-hydrogen) atoms. The lowest BCUT2D eigenvalue weighted by atomic mass is 9.94. The van der Waals surface area contributed by atoms with E-state index in [1.54, 1.807) is 6.07 Å². The van der Waals surface area contributed by atoms with Crippen molar-refractivity contribution in [2.75, 3.05) is 11.9 Å². The molecule has 1 unspecified atom stereocenters. The molecule has 94 valence electrons. The number of hydrogen-bond acceptors (Lipinski definition) is 5. The largest absolute Gasteiger partial charge is 0.396 e. The third-order valence-corrected chi connectivity index (χ3v) is 2.82. The summed E-state index contributed by atoms with van der Waals surface area (Å²) in [7, 11) is 0. The van der Waals surface area contributed by atoms with Gasteiger partial charge in [0.1, 0.15) is 0 Å². The molecule has 1 aromatic rings. The first kappa shape index (κ1) is 13.4. The van der Waals surface area contributed by atoms with Gasteiger partial charge in [-0.1, -0.05) is 6.92 Å². The van der Waals surface area contributed by atoms with Crippen LogP contribution in [0.2, 0.25) is 0 Å². The predicted molar refractivity (Wildman–Crippen MR) is 64.9 cm³/mol. The van der Waals surface area contributed by atoms with Gasteiger partial charge in [0.25, 0.3) is 0 Å². The number of nitro groups is 1. The molecule has 0 aliphatic heterocycles. The Labute approximate surface area is 99.8 Å². The van der Waals surface area contributed by atoms with E-state index in [0.29, 0.717) is 12.1 Å². The molecule has 0 saturated heterocycles. The van der Waals surface area contributed by atoms with E-state index in [1.165, 1.54) is 12.3 Å². The molecule has 1 heterocycles. The van der Waals surface area contributed by atoms with Gasteiger partial charge in [-0.25, -0.2) is 0 Å². The first-order valence-corrected chi connectivity index (χ1v) is 5.50. The van der Waals surface area contributed by atoms with E-state index >= 15 is 0 Å². The van der Waals surface area contributed by atoms with Crippen LogP contribution in [0.4, 0.5) is 11.5 Å². The summed E-state index contributed by atoms with van der Waals surface area (Å²) in [4.78, 5) is 13.6. The molecule has 0 saturated carbocycles. The molecule has 0 spiro atoms. The summed E-state index contributed by atoms with van der Waals surface area (Å²) in [5, 5.41) is 22.7. The zero-order valence-electron chi connectivity index (χ0n) is 10.0. The highest BCUT2D eigenvalue weighted by molar-refractivity contribution is 5.45. The van der Waals surface area contributed by atoms with Gasteiger partial charge in [-0.2, -0.15) is 0 Å². The zero-order chi connectivity index (χ0) is 12.9. The fourth-order valence-electron chi connectivity index (χ4n) is 1.49. The highest BCUT2D eigenvalue weighted by atomic mass is 16.6. The number of nitrogens with zero attached hydrogens (tertiary/aromatic N) is 2. The molecule has 0 radical (unpaired) electrons. The first-order valence-electron chi connectivity index (χ1n) is 5.50. The first-order chi connectivity index (χ1) is 8.00. The Morgan fingerprint density at radius 3 is 2.71 bits per heavy atom. The van der Waals surface area contributed by atoms with Crippen LogP contribution in [0.1, 0.15) is 26.7 Å². The van der Waals surface area contributed by atoms with Gasteiger partial charge in [-0.3, -0.25) is 0 Å². The van der Waals surface area contributed by atoms with E-state index in [-0.39, 0.29) is 18.0 Å². The number of hydrogen-bond donors (Lipinski definition) is 2. The molecule has 0 amide bonds. The average molecular weight is 239 g/mol. The maximum Gasteiger partial charge on any atom is 0.363 e. The minimum Gasteiger partial charge on any atom is -0.396 e. The Kier molecular flexibility index (Phi) is 4.39. The highest BCUT2D eigenvalue weighted by Gasteiger charge is 2.21. The van der Waals surface area contributed by atoms with Crippen molar-refractivity contribution in [1.29, 1.82) is 0 Å². The second-order valence-electron chi connectivity index (χ2n) is 4.18. The lowest BCUT2D eigenvalue weighted by Gasteiger charge is -2.29. The van der Waals surface area contributed by atoms with E-state index < -0.39 is 4.92 Å². The molecule has 1 atom stereocenters. The van der Waals surface area contributed by atoms with Crippen LogP contribution in [0.25, 0.3) is 0 Å². The zero-order valence-corrected chi connectivity index (χ0v) is 10.0. The third-order valence-electron chi connectivity index (χ3n) is 2.82. The molecule has 0 fully saturated rings. The Morgan fingerprint density at radius 2 is 2.29 bits per heavy atom.